The zero-order chi connectivity index (χ0) is 32.3. The molecule has 45 heavy (non-hydrogen) atoms. The highest BCUT2D eigenvalue weighted by atomic mass is 16.5. The highest BCUT2D eigenvalue weighted by Crippen LogP contribution is 2.46. The van der Waals surface area contributed by atoms with Crippen LogP contribution in [0.1, 0.15) is 63.1 Å². The van der Waals surface area contributed by atoms with Crippen LogP contribution in [0.25, 0.3) is 6.08 Å². The Morgan fingerprint density at radius 2 is 1.51 bits per heavy atom. The second-order valence-electron chi connectivity index (χ2n) is 10.2. The molecule has 2 aromatic carbocycles. The van der Waals surface area contributed by atoms with Crippen molar-refractivity contribution in [3.63, 3.8) is 0 Å². The van der Waals surface area contributed by atoms with Gasteiger partial charge in [-0.1, -0.05) is 30.3 Å². The predicted molar refractivity (Wildman–Crippen MR) is 171 cm³/mol. The molecule has 1 unspecified atom stereocenters. The van der Waals surface area contributed by atoms with Crippen LogP contribution < -0.4 is 19.5 Å². The van der Waals surface area contributed by atoms with Crippen LogP contribution in [0.4, 0.5) is 0 Å². The molecule has 2 N–H and O–H groups in total. The van der Waals surface area contributed by atoms with Crippen LogP contribution in [0.15, 0.2) is 77.4 Å². The molecule has 238 valence electrons. The molecule has 10 nitrogen and oxygen atoms in total. The van der Waals surface area contributed by atoms with Gasteiger partial charge in [0, 0.05) is 30.2 Å². The number of allylic oxidation sites excluding steroid dienone is 2. The number of aromatic amines is 1. The maximum atomic E-state index is 13.7. The summed E-state index contributed by atoms with van der Waals surface area (Å²) < 4.78 is 28.6. The Balaban J connectivity index is 1.61. The van der Waals surface area contributed by atoms with E-state index in [-0.39, 0.29) is 17.8 Å². The molecule has 0 spiro atoms. The number of carbonyl (C=O) groups is 2. The molecule has 1 aliphatic heterocycles. The number of rotatable bonds is 14. The van der Waals surface area contributed by atoms with Gasteiger partial charge in [-0.25, -0.2) is 14.6 Å². The summed E-state index contributed by atoms with van der Waals surface area (Å²) in [5, 5.41) is 3.17. The number of methoxy groups -OCH3 is 1. The first-order valence-corrected chi connectivity index (χ1v) is 15.0. The summed E-state index contributed by atoms with van der Waals surface area (Å²) in [5.41, 5.74) is 4.40. The summed E-state index contributed by atoms with van der Waals surface area (Å²) >= 11 is 0. The van der Waals surface area contributed by atoms with Crippen molar-refractivity contribution in [2.24, 2.45) is 0 Å². The SMILES string of the molecule is CCOc1cc(C2C(C(=O)OC)=C(C)NC(C)=C2C(=O)OCC=Cc2ccc(Cc3ncc[nH]3)cc2)cc(OCC)c1OCC. The van der Waals surface area contributed by atoms with Crippen molar-refractivity contribution in [3.05, 3.63) is 99.9 Å². The van der Waals surface area contributed by atoms with Crippen molar-refractivity contribution < 1.29 is 33.3 Å². The van der Waals surface area contributed by atoms with Crippen LogP contribution in [0.5, 0.6) is 17.2 Å². The molecule has 0 amide bonds. The van der Waals surface area contributed by atoms with Crippen LogP contribution >= 0.6 is 0 Å². The second kappa shape index (κ2) is 15.7. The van der Waals surface area contributed by atoms with Crippen molar-refractivity contribution in [3.8, 4) is 17.2 Å². The minimum Gasteiger partial charge on any atom is -0.490 e. The number of nitrogens with zero attached hydrogens (tertiary/aromatic N) is 1. The van der Waals surface area contributed by atoms with Crippen molar-refractivity contribution >= 4 is 18.0 Å². The van der Waals surface area contributed by atoms with Crippen LogP contribution in [-0.4, -0.2) is 55.4 Å². The van der Waals surface area contributed by atoms with Crippen molar-refractivity contribution in [2.45, 2.75) is 47.0 Å². The number of benzene rings is 2. The van der Waals surface area contributed by atoms with E-state index in [2.05, 4.69) is 15.3 Å². The number of aromatic nitrogens is 2. The number of carbonyl (C=O) groups excluding carboxylic acids is 2. The lowest BCUT2D eigenvalue weighted by molar-refractivity contribution is -0.138. The average Bonchev–Trinajstić information content (AvgIpc) is 3.54. The molecule has 2 heterocycles. The summed E-state index contributed by atoms with van der Waals surface area (Å²) in [5.74, 6) is 0.312. The van der Waals surface area contributed by atoms with Gasteiger partial charge < -0.3 is 34.0 Å². The Morgan fingerprint density at radius 1 is 0.889 bits per heavy atom. The molecular weight excluding hydrogens is 574 g/mol. The van der Waals surface area contributed by atoms with Gasteiger partial charge in [0.15, 0.2) is 11.5 Å². The van der Waals surface area contributed by atoms with E-state index in [1.165, 1.54) is 7.11 Å². The maximum absolute atomic E-state index is 13.7. The van der Waals surface area contributed by atoms with Gasteiger partial charge in [-0.2, -0.15) is 0 Å². The zero-order valence-corrected chi connectivity index (χ0v) is 26.7. The fourth-order valence-electron chi connectivity index (χ4n) is 5.27. The summed E-state index contributed by atoms with van der Waals surface area (Å²) in [4.78, 5) is 34.3. The van der Waals surface area contributed by atoms with Gasteiger partial charge in [0.1, 0.15) is 12.4 Å². The Morgan fingerprint density at radius 3 is 2.07 bits per heavy atom. The molecule has 1 aliphatic rings. The number of ether oxygens (including phenoxy) is 5. The molecule has 10 heteroatoms. The molecule has 0 fully saturated rings. The molecular formula is C35H41N3O7. The third-order valence-corrected chi connectivity index (χ3v) is 7.18. The molecule has 3 aromatic rings. The van der Waals surface area contributed by atoms with Gasteiger partial charge in [-0.15, -0.1) is 0 Å². The van der Waals surface area contributed by atoms with E-state index in [1.54, 1.807) is 44.4 Å². The summed E-state index contributed by atoms with van der Waals surface area (Å²) in [6, 6.07) is 11.6. The third-order valence-electron chi connectivity index (χ3n) is 7.18. The van der Waals surface area contributed by atoms with Gasteiger partial charge in [0.2, 0.25) is 5.75 Å². The average molecular weight is 616 g/mol. The minimum absolute atomic E-state index is 0.0321. The van der Waals surface area contributed by atoms with Crippen LogP contribution in [-0.2, 0) is 25.5 Å². The Labute approximate surface area is 264 Å². The third kappa shape index (κ3) is 7.94. The number of imidazole rings is 1. The number of esters is 2. The van der Waals surface area contributed by atoms with Gasteiger partial charge in [-0.3, -0.25) is 0 Å². The normalized spacial score (nSPS) is 14.8. The van der Waals surface area contributed by atoms with E-state index < -0.39 is 17.9 Å². The molecule has 0 bridgehead atoms. The lowest BCUT2D eigenvalue weighted by Gasteiger charge is -2.31. The van der Waals surface area contributed by atoms with Crippen LogP contribution in [0.2, 0.25) is 0 Å². The zero-order valence-electron chi connectivity index (χ0n) is 26.7. The molecule has 0 saturated carbocycles. The first-order valence-electron chi connectivity index (χ1n) is 15.0. The molecule has 0 radical (unpaired) electrons. The first kappa shape index (κ1) is 32.9. The quantitative estimate of drug-likeness (QED) is 0.215. The fourth-order valence-corrected chi connectivity index (χ4v) is 5.27. The number of hydrogen-bond acceptors (Lipinski definition) is 9. The highest BCUT2D eigenvalue weighted by molar-refractivity contribution is 6.00. The van der Waals surface area contributed by atoms with E-state index in [0.717, 1.165) is 17.0 Å². The van der Waals surface area contributed by atoms with Gasteiger partial charge in [0.25, 0.3) is 0 Å². The van der Waals surface area contributed by atoms with Gasteiger partial charge >= 0.3 is 11.9 Å². The predicted octanol–water partition coefficient (Wildman–Crippen LogP) is 5.86. The highest BCUT2D eigenvalue weighted by Gasteiger charge is 2.39. The van der Waals surface area contributed by atoms with E-state index in [1.807, 2.05) is 51.1 Å². The van der Waals surface area contributed by atoms with Gasteiger partial charge in [-0.05, 0) is 69.5 Å². The maximum Gasteiger partial charge on any atom is 0.337 e. The summed E-state index contributed by atoms with van der Waals surface area (Å²) in [6.45, 7) is 10.4. The lowest BCUT2D eigenvalue weighted by Crippen LogP contribution is -2.32. The van der Waals surface area contributed by atoms with Crippen LogP contribution in [0, 0.1) is 0 Å². The van der Waals surface area contributed by atoms with E-state index in [9.17, 15) is 9.59 Å². The van der Waals surface area contributed by atoms with Gasteiger partial charge in [0.05, 0.1) is 44.0 Å². The van der Waals surface area contributed by atoms with Crippen molar-refractivity contribution in [1.29, 1.82) is 0 Å². The molecule has 0 aliphatic carbocycles. The number of hydrogen-bond donors (Lipinski definition) is 2. The minimum atomic E-state index is -0.814. The summed E-state index contributed by atoms with van der Waals surface area (Å²) in [6.07, 6.45) is 7.92. The number of H-pyrrole nitrogens is 1. The molecule has 1 aromatic heterocycles. The molecule has 1 atom stereocenters. The Kier molecular flexibility index (Phi) is 11.4. The fraction of sp³-hybridized carbons (Fsp3) is 0.343. The molecule has 0 saturated heterocycles. The van der Waals surface area contributed by atoms with E-state index in [0.29, 0.717) is 60.4 Å². The number of nitrogens with one attached hydrogen (secondary N) is 2. The number of dihydropyridines is 1. The first-order chi connectivity index (χ1) is 21.8. The standard InChI is InChI=1S/C35H41N3O7/c1-7-42-27-20-26(21-28(43-8-2)33(27)44-9-3)32-30(34(39)41-6)22(4)38-23(5)31(32)35(40)45-18-10-11-24-12-14-25(15-13-24)19-29-36-16-17-37-29/h10-17,20-21,32,38H,7-9,18-19H2,1-6H3,(H,36,37). The Hall–Kier alpha value is -4.99. The second-order valence-corrected chi connectivity index (χ2v) is 10.2. The van der Waals surface area contributed by atoms with Crippen LogP contribution in [0.3, 0.4) is 0 Å². The Bertz CT molecular complexity index is 1540. The van der Waals surface area contributed by atoms with E-state index >= 15 is 0 Å². The molecule has 4 rings (SSSR count). The smallest absolute Gasteiger partial charge is 0.337 e. The monoisotopic (exact) mass is 615 g/mol. The van der Waals surface area contributed by atoms with Crippen molar-refractivity contribution in [2.75, 3.05) is 33.5 Å². The summed E-state index contributed by atoms with van der Waals surface area (Å²) in [7, 11) is 1.31. The van der Waals surface area contributed by atoms with Crippen molar-refractivity contribution in [1.82, 2.24) is 15.3 Å². The topological polar surface area (TPSA) is 121 Å². The largest absolute Gasteiger partial charge is 0.490 e. The van der Waals surface area contributed by atoms with E-state index in [4.69, 9.17) is 23.7 Å². The lowest BCUT2D eigenvalue weighted by atomic mass is 9.80.